The Morgan fingerprint density at radius 1 is 1.50 bits per heavy atom. The van der Waals surface area contributed by atoms with Crippen molar-refractivity contribution in [1.82, 2.24) is 5.32 Å². The molecule has 1 aliphatic rings. The lowest BCUT2D eigenvalue weighted by Gasteiger charge is -2.45. The number of nitrogens with zero attached hydrogens (tertiary/aromatic N) is 1. The van der Waals surface area contributed by atoms with Gasteiger partial charge in [-0.2, -0.15) is 0 Å². The minimum absolute atomic E-state index is 0.0898. The van der Waals surface area contributed by atoms with Gasteiger partial charge in [0.2, 0.25) is 0 Å². The van der Waals surface area contributed by atoms with Gasteiger partial charge in [0.15, 0.2) is 0 Å². The van der Waals surface area contributed by atoms with Crippen LogP contribution in [0.25, 0.3) is 0 Å². The van der Waals surface area contributed by atoms with E-state index in [0.29, 0.717) is 10.5 Å². The van der Waals surface area contributed by atoms with Gasteiger partial charge >= 0.3 is 0 Å². The van der Waals surface area contributed by atoms with Gasteiger partial charge in [0.1, 0.15) is 5.82 Å². The topological polar surface area (TPSA) is 15.3 Å². The van der Waals surface area contributed by atoms with Crippen molar-refractivity contribution < 1.29 is 4.39 Å². The molecule has 2 nitrogen and oxygen atoms in total. The normalized spacial score (nSPS) is 23.2. The molecule has 100 valence electrons. The number of piperazine rings is 1. The Balaban J connectivity index is 2.29. The summed E-state index contributed by atoms with van der Waals surface area (Å²) >= 11 is 3.27. The van der Waals surface area contributed by atoms with E-state index in [1.807, 2.05) is 12.1 Å². The van der Waals surface area contributed by atoms with Crippen molar-refractivity contribution in [2.24, 2.45) is 0 Å². The van der Waals surface area contributed by atoms with Gasteiger partial charge in [-0.05, 0) is 54.4 Å². The maximum atomic E-state index is 13.3. The van der Waals surface area contributed by atoms with Gasteiger partial charge in [-0.3, -0.25) is 0 Å². The average Bonchev–Trinajstić information content (AvgIpc) is 2.32. The van der Waals surface area contributed by atoms with Crippen molar-refractivity contribution in [3.8, 4) is 0 Å². The molecule has 1 aromatic rings. The molecule has 4 heteroatoms. The van der Waals surface area contributed by atoms with Crippen molar-refractivity contribution in [2.75, 3.05) is 18.0 Å². The molecule has 0 spiro atoms. The van der Waals surface area contributed by atoms with Crippen LogP contribution in [0.1, 0.15) is 27.2 Å². The first kappa shape index (κ1) is 13.8. The molecule has 1 atom stereocenters. The fourth-order valence-electron chi connectivity index (χ4n) is 2.45. The molecule has 1 heterocycles. The average molecular weight is 315 g/mol. The molecule has 2 rings (SSSR count). The first-order valence-electron chi connectivity index (χ1n) is 6.39. The smallest absolute Gasteiger partial charge is 0.137 e. The predicted octanol–water partition coefficient (Wildman–Crippen LogP) is 3.56. The Hall–Kier alpha value is -0.610. The summed E-state index contributed by atoms with van der Waals surface area (Å²) in [7, 11) is 0. The highest BCUT2D eigenvalue weighted by atomic mass is 79.9. The summed E-state index contributed by atoms with van der Waals surface area (Å²) in [5, 5.41) is 3.56. The van der Waals surface area contributed by atoms with Crippen molar-refractivity contribution in [3.63, 3.8) is 0 Å². The van der Waals surface area contributed by atoms with Crippen LogP contribution in [0, 0.1) is 5.82 Å². The third-order valence-electron chi connectivity index (χ3n) is 3.53. The Kier molecular flexibility index (Phi) is 3.97. The summed E-state index contributed by atoms with van der Waals surface area (Å²) in [4.78, 5) is 2.38. The lowest BCUT2D eigenvalue weighted by Crippen LogP contribution is -2.61. The second-order valence-corrected chi connectivity index (χ2v) is 6.41. The van der Waals surface area contributed by atoms with E-state index in [2.05, 4.69) is 46.9 Å². The van der Waals surface area contributed by atoms with Gasteiger partial charge in [-0.25, -0.2) is 4.39 Å². The largest absolute Gasteiger partial charge is 0.365 e. The molecule has 18 heavy (non-hydrogen) atoms. The van der Waals surface area contributed by atoms with Crippen LogP contribution in [0.15, 0.2) is 22.7 Å². The van der Waals surface area contributed by atoms with E-state index in [9.17, 15) is 4.39 Å². The summed E-state index contributed by atoms with van der Waals surface area (Å²) in [6.07, 6.45) is 1.08. The molecule has 0 aliphatic carbocycles. The fraction of sp³-hybridized carbons (Fsp3) is 0.571. The molecular weight excluding hydrogens is 295 g/mol. The molecule has 1 N–H and O–H groups in total. The monoisotopic (exact) mass is 314 g/mol. The molecule has 1 aromatic carbocycles. The van der Waals surface area contributed by atoms with Gasteiger partial charge in [0.25, 0.3) is 0 Å². The van der Waals surface area contributed by atoms with E-state index in [0.717, 1.165) is 25.2 Å². The van der Waals surface area contributed by atoms with E-state index in [4.69, 9.17) is 0 Å². The van der Waals surface area contributed by atoms with Gasteiger partial charge in [-0.1, -0.05) is 6.92 Å². The fourth-order valence-corrected chi connectivity index (χ4v) is 2.81. The second kappa shape index (κ2) is 5.17. The van der Waals surface area contributed by atoms with Crippen molar-refractivity contribution in [1.29, 1.82) is 0 Å². The SMILES string of the molecule is CCC1CNC(C)(C)CN1c1ccc(F)c(Br)c1. The Morgan fingerprint density at radius 3 is 2.83 bits per heavy atom. The number of rotatable bonds is 2. The molecule has 0 amide bonds. The Bertz CT molecular complexity index is 434. The van der Waals surface area contributed by atoms with Crippen LogP contribution in [0.4, 0.5) is 10.1 Å². The molecule has 1 aliphatic heterocycles. The first-order valence-corrected chi connectivity index (χ1v) is 7.19. The number of halogens is 2. The molecule has 1 fully saturated rings. The summed E-state index contributed by atoms with van der Waals surface area (Å²) in [5.74, 6) is -0.207. The summed E-state index contributed by atoms with van der Waals surface area (Å²) in [5.41, 5.74) is 1.18. The number of hydrogen-bond acceptors (Lipinski definition) is 2. The van der Waals surface area contributed by atoms with Gasteiger partial charge in [0, 0.05) is 30.4 Å². The highest BCUT2D eigenvalue weighted by Crippen LogP contribution is 2.28. The Labute approximate surface area is 117 Å². The number of anilines is 1. The molecule has 0 saturated carbocycles. The van der Waals surface area contributed by atoms with E-state index < -0.39 is 0 Å². The molecule has 0 radical (unpaired) electrons. The molecular formula is C14H20BrFN2. The van der Waals surface area contributed by atoms with Crippen LogP contribution in [-0.4, -0.2) is 24.7 Å². The van der Waals surface area contributed by atoms with Crippen LogP contribution in [-0.2, 0) is 0 Å². The van der Waals surface area contributed by atoms with Crippen LogP contribution >= 0.6 is 15.9 Å². The molecule has 1 saturated heterocycles. The summed E-state index contributed by atoms with van der Waals surface area (Å²) in [6.45, 7) is 8.49. The number of benzene rings is 1. The van der Waals surface area contributed by atoms with Crippen molar-refractivity contribution in [2.45, 2.75) is 38.8 Å². The zero-order valence-electron chi connectivity index (χ0n) is 11.1. The lowest BCUT2D eigenvalue weighted by atomic mass is 9.97. The lowest BCUT2D eigenvalue weighted by molar-refractivity contribution is 0.306. The highest BCUT2D eigenvalue weighted by molar-refractivity contribution is 9.10. The molecule has 0 aromatic heterocycles. The standard InChI is InChI=1S/C14H20BrFN2/c1-4-10-8-17-14(2,3)9-18(10)11-5-6-13(16)12(15)7-11/h5-7,10,17H,4,8-9H2,1-3H3. The quantitative estimate of drug-likeness (QED) is 0.898. The Morgan fingerprint density at radius 2 is 2.22 bits per heavy atom. The van der Waals surface area contributed by atoms with Crippen LogP contribution in [0.5, 0.6) is 0 Å². The third kappa shape index (κ3) is 2.86. The zero-order chi connectivity index (χ0) is 13.3. The number of nitrogens with one attached hydrogen (secondary N) is 1. The first-order chi connectivity index (χ1) is 8.43. The third-order valence-corrected chi connectivity index (χ3v) is 4.14. The van der Waals surface area contributed by atoms with Gasteiger partial charge in [-0.15, -0.1) is 0 Å². The maximum Gasteiger partial charge on any atom is 0.137 e. The molecule has 0 bridgehead atoms. The number of hydrogen-bond donors (Lipinski definition) is 1. The van der Waals surface area contributed by atoms with Crippen molar-refractivity contribution in [3.05, 3.63) is 28.5 Å². The van der Waals surface area contributed by atoms with E-state index in [-0.39, 0.29) is 11.4 Å². The van der Waals surface area contributed by atoms with E-state index in [1.54, 1.807) is 0 Å². The highest BCUT2D eigenvalue weighted by Gasteiger charge is 2.31. The van der Waals surface area contributed by atoms with Crippen LogP contribution in [0.3, 0.4) is 0 Å². The zero-order valence-corrected chi connectivity index (χ0v) is 12.7. The minimum Gasteiger partial charge on any atom is -0.365 e. The van der Waals surface area contributed by atoms with E-state index >= 15 is 0 Å². The summed E-state index contributed by atoms with van der Waals surface area (Å²) < 4.78 is 13.9. The molecule has 1 unspecified atom stereocenters. The maximum absolute atomic E-state index is 13.3. The second-order valence-electron chi connectivity index (χ2n) is 5.55. The summed E-state index contributed by atoms with van der Waals surface area (Å²) in [6, 6.07) is 5.74. The van der Waals surface area contributed by atoms with Crippen LogP contribution < -0.4 is 10.2 Å². The van der Waals surface area contributed by atoms with Crippen molar-refractivity contribution >= 4 is 21.6 Å². The van der Waals surface area contributed by atoms with Crippen LogP contribution in [0.2, 0.25) is 0 Å². The van der Waals surface area contributed by atoms with Gasteiger partial charge in [0.05, 0.1) is 4.47 Å². The minimum atomic E-state index is -0.207. The predicted molar refractivity (Wildman–Crippen MR) is 77.6 cm³/mol. The van der Waals surface area contributed by atoms with Gasteiger partial charge < -0.3 is 10.2 Å². The van der Waals surface area contributed by atoms with E-state index in [1.165, 1.54) is 6.07 Å².